The Morgan fingerprint density at radius 3 is 2.44 bits per heavy atom. The van der Waals surface area contributed by atoms with Gasteiger partial charge in [0.15, 0.2) is 0 Å². The first-order valence-electron chi connectivity index (χ1n) is 6.00. The molecule has 0 saturated heterocycles. The number of hydrogen-bond donors (Lipinski definition) is 2. The van der Waals surface area contributed by atoms with E-state index in [1.165, 1.54) is 0 Å². The van der Waals surface area contributed by atoms with E-state index in [4.69, 9.17) is 5.73 Å². The molecular formula is C15H14N2O. The van der Waals surface area contributed by atoms with Crippen LogP contribution < -0.4 is 11.1 Å². The Kier molecular flexibility index (Phi) is 2.61. The highest BCUT2D eigenvalue weighted by atomic mass is 16.1. The van der Waals surface area contributed by atoms with E-state index in [1.54, 1.807) is 0 Å². The van der Waals surface area contributed by atoms with Gasteiger partial charge in [0, 0.05) is 23.7 Å². The second kappa shape index (κ2) is 4.27. The number of nitrogens with two attached hydrogens (primary N) is 1. The van der Waals surface area contributed by atoms with Crippen molar-refractivity contribution >= 4 is 11.6 Å². The molecule has 1 amide bonds. The molecule has 0 fully saturated rings. The fourth-order valence-electron chi connectivity index (χ4n) is 2.53. The predicted octanol–water partition coefficient (Wildman–Crippen LogP) is 2.34. The van der Waals surface area contributed by atoms with Gasteiger partial charge in [0.2, 0.25) is 0 Å². The summed E-state index contributed by atoms with van der Waals surface area (Å²) in [6.45, 7) is 0.489. The van der Waals surface area contributed by atoms with Gasteiger partial charge in [0.25, 0.3) is 5.91 Å². The first kappa shape index (κ1) is 11.0. The number of para-hydroxylation sites is 1. The molecule has 3 heteroatoms. The Hall–Kier alpha value is -2.13. The lowest BCUT2D eigenvalue weighted by Crippen LogP contribution is -2.15. The molecule has 1 atom stereocenters. The highest BCUT2D eigenvalue weighted by Crippen LogP contribution is 2.34. The third kappa shape index (κ3) is 1.60. The molecule has 0 saturated carbocycles. The van der Waals surface area contributed by atoms with E-state index in [1.807, 2.05) is 48.5 Å². The number of anilines is 1. The molecule has 0 unspecified atom stereocenters. The Morgan fingerprint density at radius 2 is 1.67 bits per heavy atom. The third-order valence-corrected chi connectivity index (χ3v) is 3.40. The molecule has 1 aliphatic rings. The largest absolute Gasteiger partial charge is 0.330 e. The van der Waals surface area contributed by atoms with Crippen LogP contribution >= 0.6 is 0 Å². The molecule has 3 N–H and O–H groups in total. The molecule has 0 bridgehead atoms. The number of carbonyl (C=O) groups is 1. The molecule has 90 valence electrons. The van der Waals surface area contributed by atoms with Gasteiger partial charge in [-0.15, -0.1) is 0 Å². The van der Waals surface area contributed by atoms with Gasteiger partial charge in [-0.05, 0) is 23.3 Å². The molecule has 1 aliphatic heterocycles. The molecule has 0 radical (unpaired) electrons. The maximum Gasteiger partial charge on any atom is 0.255 e. The van der Waals surface area contributed by atoms with E-state index in [-0.39, 0.29) is 11.8 Å². The second-order valence-corrected chi connectivity index (χ2v) is 4.42. The smallest absolute Gasteiger partial charge is 0.255 e. The average molecular weight is 238 g/mol. The van der Waals surface area contributed by atoms with Crippen molar-refractivity contribution < 1.29 is 4.79 Å². The summed E-state index contributed by atoms with van der Waals surface area (Å²) in [6.07, 6.45) is 0. The number of carbonyl (C=O) groups excluding carboxylic acids is 1. The van der Waals surface area contributed by atoms with E-state index in [0.29, 0.717) is 12.1 Å². The van der Waals surface area contributed by atoms with Gasteiger partial charge in [-0.25, -0.2) is 0 Å². The number of nitrogens with one attached hydrogen (secondary N) is 1. The first-order valence-corrected chi connectivity index (χ1v) is 6.00. The summed E-state index contributed by atoms with van der Waals surface area (Å²) >= 11 is 0. The zero-order valence-electron chi connectivity index (χ0n) is 9.89. The van der Waals surface area contributed by atoms with Gasteiger partial charge in [0.1, 0.15) is 0 Å². The maximum atomic E-state index is 12.2. The van der Waals surface area contributed by atoms with Crippen molar-refractivity contribution in [3.63, 3.8) is 0 Å². The van der Waals surface area contributed by atoms with E-state index < -0.39 is 0 Å². The number of hydrogen-bond acceptors (Lipinski definition) is 2. The maximum absolute atomic E-state index is 12.2. The molecule has 0 aromatic heterocycles. The van der Waals surface area contributed by atoms with Crippen LogP contribution in [0.1, 0.15) is 27.4 Å². The Balaban J connectivity index is 2.26. The highest BCUT2D eigenvalue weighted by Gasteiger charge is 2.25. The van der Waals surface area contributed by atoms with Crippen LogP contribution in [0.4, 0.5) is 5.69 Å². The molecule has 3 rings (SSSR count). The van der Waals surface area contributed by atoms with Crippen LogP contribution in [0.5, 0.6) is 0 Å². The van der Waals surface area contributed by atoms with Gasteiger partial charge in [0.05, 0.1) is 0 Å². The van der Waals surface area contributed by atoms with Crippen LogP contribution in [0, 0.1) is 0 Å². The minimum absolute atomic E-state index is 0.0611. The number of benzene rings is 2. The summed E-state index contributed by atoms with van der Waals surface area (Å²) in [7, 11) is 0. The highest BCUT2D eigenvalue weighted by molar-refractivity contribution is 6.07. The number of amides is 1. The van der Waals surface area contributed by atoms with Gasteiger partial charge >= 0.3 is 0 Å². The number of rotatable bonds is 1. The summed E-state index contributed by atoms with van der Waals surface area (Å²) in [5, 5.41) is 2.95. The molecule has 0 spiro atoms. The van der Waals surface area contributed by atoms with Crippen LogP contribution in [0.2, 0.25) is 0 Å². The normalized spacial score (nSPS) is 17.4. The predicted molar refractivity (Wildman–Crippen MR) is 71.7 cm³/mol. The molecule has 2 aromatic carbocycles. The Bertz CT molecular complexity index is 607. The number of fused-ring (bicyclic) bond motifs is 2. The van der Waals surface area contributed by atoms with Crippen molar-refractivity contribution in [2.45, 2.75) is 5.92 Å². The van der Waals surface area contributed by atoms with Crippen LogP contribution in [-0.2, 0) is 0 Å². The summed E-state index contributed by atoms with van der Waals surface area (Å²) in [4.78, 5) is 12.2. The molecule has 3 nitrogen and oxygen atoms in total. The van der Waals surface area contributed by atoms with Crippen molar-refractivity contribution in [2.75, 3.05) is 11.9 Å². The fraction of sp³-hybridized carbons (Fsp3) is 0.133. The van der Waals surface area contributed by atoms with E-state index in [9.17, 15) is 4.79 Å². The second-order valence-electron chi connectivity index (χ2n) is 4.42. The standard InChI is InChI=1S/C15H14N2O/c16-9-13-10-5-1-2-7-12(10)15(18)17-14-8-4-3-6-11(13)14/h1-8,13H,9,16H2,(H,17,18)/t13-/m1/s1. The summed E-state index contributed by atoms with van der Waals surface area (Å²) in [6, 6.07) is 15.5. The van der Waals surface area contributed by atoms with Gasteiger partial charge in [-0.1, -0.05) is 36.4 Å². The quantitative estimate of drug-likeness (QED) is 0.801. The van der Waals surface area contributed by atoms with Crippen LogP contribution in [0.3, 0.4) is 0 Å². The minimum atomic E-state index is -0.0611. The van der Waals surface area contributed by atoms with Crippen molar-refractivity contribution in [1.82, 2.24) is 0 Å². The minimum Gasteiger partial charge on any atom is -0.330 e. The lowest BCUT2D eigenvalue weighted by molar-refractivity contribution is 0.102. The lowest BCUT2D eigenvalue weighted by Gasteiger charge is -2.16. The molecule has 0 aliphatic carbocycles. The third-order valence-electron chi connectivity index (χ3n) is 3.40. The topological polar surface area (TPSA) is 55.1 Å². The zero-order valence-corrected chi connectivity index (χ0v) is 9.89. The molecule has 18 heavy (non-hydrogen) atoms. The average Bonchev–Trinajstić information content (AvgIpc) is 2.53. The molecular weight excluding hydrogens is 224 g/mol. The fourth-order valence-corrected chi connectivity index (χ4v) is 2.53. The zero-order chi connectivity index (χ0) is 12.5. The van der Waals surface area contributed by atoms with E-state index >= 15 is 0 Å². The van der Waals surface area contributed by atoms with Crippen molar-refractivity contribution in [3.05, 3.63) is 65.2 Å². The van der Waals surface area contributed by atoms with Crippen LogP contribution in [-0.4, -0.2) is 12.5 Å². The summed E-state index contributed by atoms with van der Waals surface area (Å²) in [5.74, 6) is 0.00495. The van der Waals surface area contributed by atoms with Crippen molar-refractivity contribution in [1.29, 1.82) is 0 Å². The van der Waals surface area contributed by atoms with Gasteiger partial charge in [-0.3, -0.25) is 4.79 Å². The van der Waals surface area contributed by atoms with Crippen molar-refractivity contribution in [2.24, 2.45) is 5.73 Å². The Morgan fingerprint density at radius 1 is 1.00 bits per heavy atom. The van der Waals surface area contributed by atoms with E-state index in [0.717, 1.165) is 16.8 Å². The monoisotopic (exact) mass is 238 g/mol. The molecule has 1 heterocycles. The van der Waals surface area contributed by atoms with E-state index in [2.05, 4.69) is 5.32 Å². The van der Waals surface area contributed by atoms with Crippen molar-refractivity contribution in [3.8, 4) is 0 Å². The van der Waals surface area contributed by atoms with Crippen LogP contribution in [0.25, 0.3) is 0 Å². The van der Waals surface area contributed by atoms with Crippen LogP contribution in [0.15, 0.2) is 48.5 Å². The Labute approximate surface area is 106 Å². The summed E-state index contributed by atoms with van der Waals surface area (Å²) in [5.41, 5.74) is 9.56. The van der Waals surface area contributed by atoms with Gasteiger partial charge in [-0.2, -0.15) is 0 Å². The summed E-state index contributed by atoms with van der Waals surface area (Å²) < 4.78 is 0. The first-order chi connectivity index (χ1) is 8.81. The molecule has 2 aromatic rings. The van der Waals surface area contributed by atoms with Gasteiger partial charge < -0.3 is 11.1 Å². The lowest BCUT2D eigenvalue weighted by atomic mass is 9.88. The SMILES string of the molecule is NC[C@H]1c2ccccc2NC(=O)c2ccccc21.